The van der Waals surface area contributed by atoms with Crippen molar-refractivity contribution < 1.29 is 4.42 Å². The van der Waals surface area contributed by atoms with Crippen LogP contribution in [0, 0.1) is 0 Å². The van der Waals surface area contributed by atoms with Gasteiger partial charge in [-0.3, -0.25) is 0 Å². The van der Waals surface area contributed by atoms with Gasteiger partial charge in [0.1, 0.15) is 11.2 Å². The summed E-state index contributed by atoms with van der Waals surface area (Å²) in [6.07, 6.45) is 0. The highest BCUT2D eigenvalue weighted by Gasteiger charge is 2.27. The molecular formula is C49H28N4O. The van der Waals surface area contributed by atoms with Crippen LogP contribution in [0.25, 0.3) is 117 Å². The molecule has 0 amide bonds. The summed E-state index contributed by atoms with van der Waals surface area (Å²) in [6.45, 7) is 0. The maximum atomic E-state index is 6.95. The normalized spacial score (nSPS) is 12.1. The van der Waals surface area contributed by atoms with E-state index in [-0.39, 0.29) is 0 Å². The van der Waals surface area contributed by atoms with Crippen LogP contribution in [0.15, 0.2) is 174 Å². The molecule has 1 aliphatic rings. The van der Waals surface area contributed by atoms with Crippen LogP contribution in [-0.2, 0) is 0 Å². The molecule has 250 valence electrons. The Hall–Kier alpha value is -7.37. The Bertz CT molecular complexity index is 3260. The number of rotatable bonds is 4. The first-order valence-corrected chi connectivity index (χ1v) is 18.2. The Morgan fingerprint density at radius 1 is 0.389 bits per heavy atom. The van der Waals surface area contributed by atoms with Crippen LogP contribution in [0.2, 0.25) is 0 Å². The van der Waals surface area contributed by atoms with E-state index in [1.54, 1.807) is 0 Å². The Morgan fingerprint density at radius 2 is 0.963 bits per heavy atom. The Balaban J connectivity index is 1.15. The average molecular weight is 689 g/mol. The first-order valence-electron chi connectivity index (χ1n) is 18.2. The molecule has 5 heteroatoms. The number of fused-ring (bicyclic) bond motifs is 6. The molecule has 12 rings (SSSR count). The van der Waals surface area contributed by atoms with Crippen LogP contribution in [0.1, 0.15) is 0 Å². The first kappa shape index (κ1) is 29.2. The molecule has 3 heterocycles. The smallest absolute Gasteiger partial charge is 0.164 e. The molecular weight excluding hydrogens is 661 g/mol. The van der Waals surface area contributed by atoms with Crippen LogP contribution < -0.4 is 0 Å². The van der Waals surface area contributed by atoms with Gasteiger partial charge in [0.15, 0.2) is 17.5 Å². The first-order chi connectivity index (χ1) is 26.8. The number of hydrogen-bond donors (Lipinski definition) is 0. The topological polar surface area (TPSA) is 56.7 Å². The molecule has 0 fully saturated rings. The number of nitrogens with zero attached hydrogens (tertiary/aromatic N) is 4. The highest BCUT2D eigenvalue weighted by Crippen LogP contribution is 2.52. The zero-order valence-corrected chi connectivity index (χ0v) is 28.9. The molecule has 0 radical (unpaired) electrons. The summed E-state index contributed by atoms with van der Waals surface area (Å²) in [6, 6.07) is 59.5. The SMILES string of the molecule is c1ccc(-c2nc(-c3ccccc3)nc(-c3cccc(-n4c5ccccc5c5c6oc7cccc8c7c6c(cc54)-c4cccc5cccc-8c45)c3)n2)cc1. The van der Waals surface area contributed by atoms with Crippen LogP contribution in [0.3, 0.4) is 0 Å². The van der Waals surface area contributed by atoms with Crippen molar-refractivity contribution in [3.63, 3.8) is 0 Å². The lowest BCUT2D eigenvalue weighted by atomic mass is 9.93. The molecule has 0 unspecified atom stereocenters. The third kappa shape index (κ3) is 4.12. The highest BCUT2D eigenvalue weighted by atomic mass is 16.3. The van der Waals surface area contributed by atoms with Gasteiger partial charge in [-0.05, 0) is 63.4 Å². The molecule has 3 aromatic heterocycles. The molecule has 0 atom stereocenters. The standard InChI is InChI=1S/C49H28N4O/c1-3-13-30(14-4-1)47-50-48(31-15-5-2-6-16-31)52-49(51-47)32-19-9-20-33(27-32)53-39-25-8-7-21-37(39)43-40(53)28-38-36-23-11-18-29-17-10-22-34(42(29)36)35-24-12-26-41-44(35)45(38)46(43)54-41/h1-28H. The number of aromatic nitrogens is 4. The maximum absolute atomic E-state index is 6.95. The second-order valence-corrected chi connectivity index (χ2v) is 14.0. The third-order valence-electron chi connectivity index (χ3n) is 11.0. The Morgan fingerprint density at radius 3 is 1.69 bits per heavy atom. The summed E-state index contributed by atoms with van der Waals surface area (Å²) in [4.78, 5) is 15.0. The summed E-state index contributed by atoms with van der Waals surface area (Å²) < 4.78 is 9.32. The molecule has 1 aliphatic carbocycles. The van der Waals surface area contributed by atoms with E-state index in [9.17, 15) is 0 Å². The van der Waals surface area contributed by atoms with Crippen molar-refractivity contribution in [2.75, 3.05) is 0 Å². The minimum Gasteiger partial charge on any atom is -0.455 e. The summed E-state index contributed by atoms with van der Waals surface area (Å²) in [5.74, 6) is 1.89. The molecule has 0 aliphatic heterocycles. The van der Waals surface area contributed by atoms with Crippen molar-refractivity contribution in [2.24, 2.45) is 0 Å². The summed E-state index contributed by atoms with van der Waals surface area (Å²) >= 11 is 0. The fourth-order valence-corrected chi connectivity index (χ4v) is 8.65. The van der Waals surface area contributed by atoms with Gasteiger partial charge in [-0.15, -0.1) is 0 Å². The fraction of sp³-hybridized carbons (Fsp3) is 0. The van der Waals surface area contributed by atoms with E-state index in [1.807, 2.05) is 60.7 Å². The molecule has 54 heavy (non-hydrogen) atoms. The van der Waals surface area contributed by atoms with Crippen LogP contribution in [0.5, 0.6) is 0 Å². The van der Waals surface area contributed by atoms with Gasteiger partial charge in [-0.1, -0.05) is 140 Å². The average Bonchev–Trinajstić information content (AvgIpc) is 3.76. The predicted octanol–water partition coefficient (Wildman–Crippen LogP) is 12.7. The fourth-order valence-electron chi connectivity index (χ4n) is 8.65. The van der Waals surface area contributed by atoms with Crippen molar-refractivity contribution in [3.8, 4) is 62.1 Å². The Kier molecular flexibility index (Phi) is 5.99. The van der Waals surface area contributed by atoms with Crippen molar-refractivity contribution in [1.29, 1.82) is 0 Å². The van der Waals surface area contributed by atoms with Crippen molar-refractivity contribution in [2.45, 2.75) is 0 Å². The van der Waals surface area contributed by atoms with Gasteiger partial charge in [0.25, 0.3) is 0 Å². The quantitative estimate of drug-likeness (QED) is 0.185. The summed E-state index contributed by atoms with van der Waals surface area (Å²) in [5.41, 5.74) is 12.6. The number of furan rings is 1. The van der Waals surface area contributed by atoms with Gasteiger partial charge in [-0.2, -0.15) is 0 Å². The molecule has 8 aromatic carbocycles. The van der Waals surface area contributed by atoms with Crippen LogP contribution >= 0.6 is 0 Å². The van der Waals surface area contributed by atoms with Gasteiger partial charge in [0.05, 0.1) is 16.4 Å². The molecule has 0 N–H and O–H groups in total. The summed E-state index contributed by atoms with van der Waals surface area (Å²) in [7, 11) is 0. The molecule has 11 aromatic rings. The lowest BCUT2D eigenvalue weighted by Gasteiger charge is -2.13. The summed E-state index contributed by atoms with van der Waals surface area (Å²) in [5, 5.41) is 7.08. The number of benzene rings is 8. The zero-order chi connectivity index (χ0) is 35.3. The molecule has 0 spiro atoms. The van der Waals surface area contributed by atoms with Gasteiger partial charge >= 0.3 is 0 Å². The Labute approximate surface area is 309 Å². The highest BCUT2D eigenvalue weighted by molar-refractivity contribution is 6.32. The number of hydrogen-bond acceptors (Lipinski definition) is 4. The molecule has 0 bridgehead atoms. The molecule has 0 saturated heterocycles. The minimum atomic E-state index is 0.618. The third-order valence-corrected chi connectivity index (χ3v) is 11.0. The molecule has 0 saturated carbocycles. The molecule has 5 nitrogen and oxygen atoms in total. The van der Waals surface area contributed by atoms with Crippen molar-refractivity contribution in [3.05, 3.63) is 170 Å². The van der Waals surface area contributed by atoms with Gasteiger partial charge in [0.2, 0.25) is 0 Å². The van der Waals surface area contributed by atoms with E-state index in [4.69, 9.17) is 19.4 Å². The second kappa shape index (κ2) is 11.1. The largest absolute Gasteiger partial charge is 0.455 e. The lowest BCUT2D eigenvalue weighted by molar-refractivity contribution is 0.673. The van der Waals surface area contributed by atoms with Gasteiger partial charge in [0, 0.05) is 38.5 Å². The zero-order valence-electron chi connectivity index (χ0n) is 28.9. The monoisotopic (exact) mass is 688 g/mol. The van der Waals surface area contributed by atoms with E-state index >= 15 is 0 Å². The van der Waals surface area contributed by atoms with Crippen LogP contribution in [0.4, 0.5) is 0 Å². The lowest BCUT2D eigenvalue weighted by Crippen LogP contribution is -2.01. The van der Waals surface area contributed by atoms with Crippen LogP contribution in [-0.4, -0.2) is 19.5 Å². The second-order valence-electron chi connectivity index (χ2n) is 14.0. The van der Waals surface area contributed by atoms with Gasteiger partial charge < -0.3 is 8.98 Å². The predicted molar refractivity (Wildman–Crippen MR) is 220 cm³/mol. The number of para-hydroxylation sites is 1. The van der Waals surface area contributed by atoms with E-state index in [1.165, 1.54) is 43.8 Å². The van der Waals surface area contributed by atoms with E-state index in [2.05, 4.69) is 114 Å². The van der Waals surface area contributed by atoms with Gasteiger partial charge in [-0.25, -0.2) is 15.0 Å². The van der Waals surface area contributed by atoms with E-state index in [0.29, 0.717) is 17.5 Å². The maximum Gasteiger partial charge on any atom is 0.164 e. The van der Waals surface area contributed by atoms with E-state index < -0.39 is 0 Å². The van der Waals surface area contributed by atoms with Crippen molar-refractivity contribution >= 4 is 54.5 Å². The van der Waals surface area contributed by atoms with E-state index in [0.717, 1.165) is 55.3 Å². The van der Waals surface area contributed by atoms with Crippen molar-refractivity contribution in [1.82, 2.24) is 19.5 Å². The minimum absolute atomic E-state index is 0.618.